The average Bonchev–Trinajstić information content (AvgIpc) is 3.06. The van der Waals surface area contributed by atoms with Crippen LogP contribution in [0, 0.1) is 0 Å². The van der Waals surface area contributed by atoms with E-state index in [2.05, 4.69) is 25.1 Å². The number of nitrogens with zero attached hydrogens (tertiary/aromatic N) is 4. The second kappa shape index (κ2) is 6.25. The molecule has 1 aliphatic heterocycles. The normalized spacial score (nSPS) is 17.2. The molecule has 0 unspecified atom stereocenters. The van der Waals surface area contributed by atoms with Crippen molar-refractivity contribution in [2.75, 3.05) is 24.5 Å². The summed E-state index contributed by atoms with van der Waals surface area (Å²) in [6.07, 6.45) is 2.98. The van der Waals surface area contributed by atoms with Crippen LogP contribution in [0.25, 0.3) is 22.4 Å². The smallest absolute Gasteiger partial charge is 0.202 e. The van der Waals surface area contributed by atoms with Crippen LogP contribution < -0.4 is 10.6 Å². The molecule has 0 bridgehead atoms. The predicted molar refractivity (Wildman–Crippen MR) is 97.6 cm³/mol. The van der Waals surface area contributed by atoms with Gasteiger partial charge in [0.05, 0.1) is 22.5 Å². The van der Waals surface area contributed by atoms with Crippen molar-refractivity contribution in [1.82, 2.24) is 20.2 Å². The van der Waals surface area contributed by atoms with Gasteiger partial charge in [0.15, 0.2) is 0 Å². The Balaban J connectivity index is 1.64. The van der Waals surface area contributed by atoms with E-state index >= 15 is 0 Å². The first-order valence-electron chi connectivity index (χ1n) is 8.23. The van der Waals surface area contributed by atoms with Crippen LogP contribution in [0.3, 0.4) is 0 Å². The molecule has 0 amide bonds. The summed E-state index contributed by atoms with van der Waals surface area (Å²) in [4.78, 5) is 11.3. The molecule has 0 aliphatic carbocycles. The number of piperidine rings is 1. The molecule has 1 fully saturated rings. The highest BCUT2D eigenvalue weighted by Gasteiger charge is 2.31. The number of fused-ring (bicyclic) bond motifs is 1. The Morgan fingerprint density at radius 1 is 1.28 bits per heavy atom. The van der Waals surface area contributed by atoms with E-state index in [1.807, 2.05) is 24.3 Å². The molecule has 3 aromatic rings. The molecule has 8 heteroatoms. The van der Waals surface area contributed by atoms with Crippen molar-refractivity contribution in [3.05, 3.63) is 35.5 Å². The SMILES string of the molecule is NCC1(O)CCN(c2cnc3c(-c4ccccc4Cl)[nH]nc3n2)CC1. The molecule has 7 nitrogen and oxygen atoms in total. The van der Waals surface area contributed by atoms with E-state index in [4.69, 9.17) is 17.3 Å². The predicted octanol–water partition coefficient (Wildman–Crippen LogP) is 1.96. The lowest BCUT2D eigenvalue weighted by Gasteiger charge is -2.37. The van der Waals surface area contributed by atoms with Crippen molar-refractivity contribution in [3.63, 3.8) is 0 Å². The molecule has 0 atom stereocenters. The number of hydrogen-bond acceptors (Lipinski definition) is 6. The van der Waals surface area contributed by atoms with Crippen LogP contribution >= 0.6 is 11.6 Å². The highest BCUT2D eigenvalue weighted by atomic mass is 35.5. The Morgan fingerprint density at radius 2 is 2.04 bits per heavy atom. The van der Waals surface area contributed by atoms with Gasteiger partial charge in [-0.3, -0.25) is 5.10 Å². The van der Waals surface area contributed by atoms with Crippen molar-refractivity contribution in [3.8, 4) is 11.3 Å². The van der Waals surface area contributed by atoms with Gasteiger partial charge in [-0.15, -0.1) is 0 Å². The largest absolute Gasteiger partial charge is 0.388 e. The Hall–Kier alpha value is -2.22. The Kier molecular flexibility index (Phi) is 4.07. The maximum absolute atomic E-state index is 10.3. The van der Waals surface area contributed by atoms with Crippen LogP contribution in [0.1, 0.15) is 12.8 Å². The summed E-state index contributed by atoms with van der Waals surface area (Å²) in [6, 6.07) is 7.55. The summed E-state index contributed by atoms with van der Waals surface area (Å²) < 4.78 is 0. The molecule has 0 radical (unpaired) electrons. The van der Waals surface area contributed by atoms with Gasteiger partial charge in [-0.2, -0.15) is 5.10 Å². The van der Waals surface area contributed by atoms with Crippen molar-refractivity contribution in [2.45, 2.75) is 18.4 Å². The van der Waals surface area contributed by atoms with Crippen LogP contribution in [0.4, 0.5) is 5.82 Å². The quantitative estimate of drug-likeness (QED) is 0.661. The van der Waals surface area contributed by atoms with Crippen LogP contribution in [0.15, 0.2) is 30.5 Å². The van der Waals surface area contributed by atoms with Gasteiger partial charge in [-0.25, -0.2) is 9.97 Å². The maximum atomic E-state index is 10.3. The monoisotopic (exact) mass is 358 g/mol. The Labute approximate surface area is 149 Å². The fourth-order valence-corrected chi connectivity index (χ4v) is 3.38. The van der Waals surface area contributed by atoms with Gasteiger partial charge in [0.25, 0.3) is 0 Å². The summed E-state index contributed by atoms with van der Waals surface area (Å²) in [5.74, 6) is 0.754. The number of H-pyrrole nitrogens is 1. The van der Waals surface area contributed by atoms with Gasteiger partial charge in [-0.1, -0.05) is 29.8 Å². The highest BCUT2D eigenvalue weighted by Crippen LogP contribution is 2.31. The van der Waals surface area contributed by atoms with E-state index in [-0.39, 0.29) is 6.54 Å². The second-order valence-electron chi connectivity index (χ2n) is 6.39. The number of nitrogens with two attached hydrogens (primary N) is 1. The average molecular weight is 359 g/mol. The van der Waals surface area contributed by atoms with E-state index in [0.29, 0.717) is 42.1 Å². The number of aromatic amines is 1. The minimum atomic E-state index is -0.766. The van der Waals surface area contributed by atoms with Crippen molar-refractivity contribution >= 4 is 28.6 Å². The first kappa shape index (κ1) is 16.3. The molecule has 1 aliphatic rings. The third kappa shape index (κ3) is 2.95. The molecule has 0 saturated carbocycles. The van der Waals surface area contributed by atoms with Crippen LogP contribution in [0.2, 0.25) is 5.02 Å². The molecular formula is C17H19ClN6O. The molecule has 4 N–H and O–H groups in total. The first-order valence-corrected chi connectivity index (χ1v) is 8.61. The molecular weight excluding hydrogens is 340 g/mol. The number of aliphatic hydroxyl groups is 1. The fraction of sp³-hybridized carbons (Fsp3) is 0.353. The lowest BCUT2D eigenvalue weighted by atomic mass is 9.92. The van der Waals surface area contributed by atoms with Gasteiger partial charge >= 0.3 is 0 Å². The third-order valence-corrected chi connectivity index (χ3v) is 5.12. The van der Waals surface area contributed by atoms with Crippen molar-refractivity contribution in [2.24, 2.45) is 5.73 Å². The zero-order chi connectivity index (χ0) is 17.4. The highest BCUT2D eigenvalue weighted by molar-refractivity contribution is 6.33. The first-order chi connectivity index (χ1) is 12.1. The van der Waals surface area contributed by atoms with Gasteiger partial charge in [0, 0.05) is 25.2 Å². The minimum Gasteiger partial charge on any atom is -0.388 e. The number of rotatable bonds is 3. The lowest BCUT2D eigenvalue weighted by Crippen LogP contribution is -2.49. The van der Waals surface area contributed by atoms with Gasteiger partial charge in [0.1, 0.15) is 11.3 Å². The third-order valence-electron chi connectivity index (χ3n) is 4.79. The van der Waals surface area contributed by atoms with E-state index in [0.717, 1.165) is 17.1 Å². The molecule has 0 spiro atoms. The van der Waals surface area contributed by atoms with Gasteiger partial charge in [-0.05, 0) is 18.9 Å². The number of halogens is 1. The molecule has 2 aromatic heterocycles. The van der Waals surface area contributed by atoms with Crippen molar-refractivity contribution < 1.29 is 5.11 Å². The van der Waals surface area contributed by atoms with E-state index in [1.165, 1.54) is 0 Å². The summed E-state index contributed by atoms with van der Waals surface area (Å²) >= 11 is 6.27. The summed E-state index contributed by atoms with van der Waals surface area (Å²) in [7, 11) is 0. The Bertz CT molecular complexity index is 903. The second-order valence-corrected chi connectivity index (χ2v) is 6.80. The lowest BCUT2D eigenvalue weighted by molar-refractivity contribution is 0.0249. The molecule has 3 heterocycles. The van der Waals surface area contributed by atoms with Crippen LogP contribution in [0.5, 0.6) is 0 Å². The molecule has 4 rings (SSSR count). The summed E-state index contributed by atoms with van der Waals surface area (Å²) in [6.45, 7) is 1.66. The van der Waals surface area contributed by atoms with E-state index in [1.54, 1.807) is 6.20 Å². The topological polar surface area (TPSA) is 104 Å². The van der Waals surface area contributed by atoms with Gasteiger partial charge in [0.2, 0.25) is 5.65 Å². The zero-order valence-electron chi connectivity index (χ0n) is 13.6. The number of hydrogen-bond donors (Lipinski definition) is 3. The molecule has 25 heavy (non-hydrogen) atoms. The van der Waals surface area contributed by atoms with E-state index < -0.39 is 5.60 Å². The number of nitrogens with one attached hydrogen (secondary N) is 1. The summed E-state index contributed by atoms with van der Waals surface area (Å²) in [5, 5.41) is 18.2. The molecule has 130 valence electrons. The maximum Gasteiger partial charge on any atom is 0.202 e. The van der Waals surface area contributed by atoms with Crippen LogP contribution in [-0.4, -0.2) is 50.5 Å². The Morgan fingerprint density at radius 3 is 2.76 bits per heavy atom. The van der Waals surface area contributed by atoms with Crippen LogP contribution in [-0.2, 0) is 0 Å². The van der Waals surface area contributed by atoms with Crippen molar-refractivity contribution in [1.29, 1.82) is 0 Å². The van der Waals surface area contributed by atoms with Gasteiger partial charge < -0.3 is 15.7 Å². The zero-order valence-corrected chi connectivity index (χ0v) is 14.4. The summed E-state index contributed by atoms with van der Waals surface area (Å²) in [5.41, 5.74) is 7.72. The molecule has 1 aromatic carbocycles. The standard InChI is InChI=1S/C17H19ClN6O/c18-12-4-2-1-3-11(12)14-15-16(23-22-14)21-13(9-20-15)24-7-5-17(25,10-19)6-8-24/h1-4,9,25H,5-8,10,19H2,(H,21,22,23). The van der Waals surface area contributed by atoms with E-state index in [9.17, 15) is 5.11 Å². The fourth-order valence-electron chi connectivity index (χ4n) is 3.15. The number of anilines is 1. The number of aromatic nitrogens is 4. The number of benzene rings is 1. The molecule has 1 saturated heterocycles. The minimum absolute atomic E-state index is 0.284.